The first kappa shape index (κ1) is 18.7. The lowest BCUT2D eigenvalue weighted by Gasteiger charge is -2.26. The van der Waals surface area contributed by atoms with Crippen LogP contribution in [0.15, 0.2) is 46.3 Å². The number of amides is 3. The molecular weight excluding hydrogens is 390 g/mol. The molecule has 0 spiro atoms. The molecule has 1 aliphatic rings. The van der Waals surface area contributed by atoms with E-state index in [9.17, 15) is 9.59 Å². The van der Waals surface area contributed by atoms with Gasteiger partial charge in [0, 0.05) is 29.1 Å². The maximum atomic E-state index is 12.6. The first-order valence-corrected chi connectivity index (χ1v) is 9.86. The number of nitriles is 1. The molecule has 0 saturated heterocycles. The van der Waals surface area contributed by atoms with Crippen LogP contribution in [0.3, 0.4) is 0 Å². The minimum absolute atomic E-state index is 0.209. The van der Waals surface area contributed by atoms with Gasteiger partial charge in [-0.25, -0.2) is 4.79 Å². The summed E-state index contributed by atoms with van der Waals surface area (Å²) in [6, 6.07) is 12.3. The van der Waals surface area contributed by atoms with Gasteiger partial charge in [0.15, 0.2) is 5.69 Å². The van der Waals surface area contributed by atoms with Crippen molar-refractivity contribution in [1.82, 2.24) is 15.4 Å². The maximum Gasteiger partial charge on any atom is 0.322 e. The first-order valence-electron chi connectivity index (χ1n) is 8.98. The number of fused-ring (bicyclic) bond motifs is 1. The van der Waals surface area contributed by atoms with Crippen LogP contribution in [0.1, 0.15) is 32.3 Å². The Kier molecular flexibility index (Phi) is 5.27. The SMILES string of the molecule is N#Cc1cccc(NC(=O)N2CCc3onc(C(=O)NCc4cccs4)c3C2)c1. The third-order valence-corrected chi connectivity index (χ3v) is 5.45. The molecule has 2 N–H and O–H groups in total. The average molecular weight is 407 g/mol. The largest absolute Gasteiger partial charge is 0.360 e. The van der Waals surface area contributed by atoms with Crippen LogP contribution in [0.25, 0.3) is 0 Å². The second-order valence-corrected chi connectivity index (χ2v) is 7.52. The van der Waals surface area contributed by atoms with Crippen LogP contribution in [0.2, 0.25) is 0 Å². The monoisotopic (exact) mass is 407 g/mol. The minimum atomic E-state index is -0.327. The van der Waals surface area contributed by atoms with Gasteiger partial charge in [-0.2, -0.15) is 5.26 Å². The number of nitrogens with zero attached hydrogens (tertiary/aromatic N) is 3. The van der Waals surface area contributed by atoms with Crippen LogP contribution in [0, 0.1) is 11.3 Å². The lowest BCUT2D eigenvalue weighted by atomic mass is 10.1. The summed E-state index contributed by atoms with van der Waals surface area (Å²) in [6.45, 7) is 1.09. The van der Waals surface area contributed by atoms with E-state index in [1.807, 2.05) is 23.6 Å². The van der Waals surface area contributed by atoms with Crippen molar-refractivity contribution in [2.45, 2.75) is 19.5 Å². The molecule has 2 aromatic heterocycles. The lowest BCUT2D eigenvalue weighted by molar-refractivity contribution is 0.0940. The number of carbonyl (C=O) groups excluding carboxylic acids is 2. The van der Waals surface area contributed by atoms with E-state index in [2.05, 4.69) is 15.8 Å². The zero-order valence-corrected chi connectivity index (χ0v) is 16.2. The smallest absolute Gasteiger partial charge is 0.322 e. The first-order chi connectivity index (χ1) is 14.1. The molecule has 9 heteroatoms. The molecule has 0 saturated carbocycles. The van der Waals surface area contributed by atoms with Gasteiger partial charge in [-0.05, 0) is 29.6 Å². The molecule has 0 aliphatic carbocycles. The van der Waals surface area contributed by atoms with Gasteiger partial charge in [0.2, 0.25) is 0 Å². The summed E-state index contributed by atoms with van der Waals surface area (Å²) in [5, 5.41) is 20.5. The Labute approximate surface area is 170 Å². The van der Waals surface area contributed by atoms with Crippen LogP contribution in [-0.4, -0.2) is 28.5 Å². The summed E-state index contributed by atoms with van der Waals surface area (Å²) in [4.78, 5) is 27.8. The molecule has 4 rings (SSSR count). The number of anilines is 1. The van der Waals surface area contributed by atoms with Crippen molar-refractivity contribution < 1.29 is 14.1 Å². The molecule has 3 aromatic rings. The van der Waals surface area contributed by atoms with Crippen LogP contribution in [-0.2, 0) is 19.5 Å². The van der Waals surface area contributed by atoms with E-state index in [1.54, 1.807) is 40.5 Å². The van der Waals surface area contributed by atoms with Crippen LogP contribution in [0.5, 0.6) is 0 Å². The quantitative estimate of drug-likeness (QED) is 0.690. The molecule has 1 aromatic carbocycles. The molecule has 29 heavy (non-hydrogen) atoms. The van der Waals surface area contributed by atoms with Gasteiger partial charge in [-0.1, -0.05) is 17.3 Å². The lowest BCUT2D eigenvalue weighted by Crippen LogP contribution is -2.39. The summed E-state index contributed by atoms with van der Waals surface area (Å²) in [5.74, 6) is 0.300. The number of hydrogen-bond acceptors (Lipinski definition) is 6. The Morgan fingerprint density at radius 1 is 1.31 bits per heavy atom. The fraction of sp³-hybridized carbons (Fsp3) is 0.200. The van der Waals surface area contributed by atoms with Crippen molar-refractivity contribution in [2.24, 2.45) is 0 Å². The predicted octanol–water partition coefficient (Wildman–Crippen LogP) is 3.13. The van der Waals surface area contributed by atoms with Gasteiger partial charge in [0.05, 0.1) is 24.7 Å². The zero-order valence-electron chi connectivity index (χ0n) is 15.3. The van der Waals surface area contributed by atoms with Crippen molar-refractivity contribution in [2.75, 3.05) is 11.9 Å². The van der Waals surface area contributed by atoms with E-state index in [-0.39, 0.29) is 24.2 Å². The van der Waals surface area contributed by atoms with Gasteiger partial charge < -0.3 is 20.1 Å². The third-order valence-electron chi connectivity index (χ3n) is 4.58. The van der Waals surface area contributed by atoms with E-state index in [0.717, 1.165) is 4.88 Å². The minimum Gasteiger partial charge on any atom is -0.360 e. The molecule has 8 nitrogen and oxygen atoms in total. The number of aromatic nitrogens is 1. The highest BCUT2D eigenvalue weighted by Gasteiger charge is 2.29. The maximum absolute atomic E-state index is 12.6. The molecule has 146 valence electrons. The number of thiophene rings is 1. The number of nitrogens with one attached hydrogen (secondary N) is 2. The number of urea groups is 1. The van der Waals surface area contributed by atoms with Gasteiger partial charge in [-0.3, -0.25) is 4.79 Å². The summed E-state index contributed by atoms with van der Waals surface area (Å²) in [6.07, 6.45) is 0.478. The highest BCUT2D eigenvalue weighted by atomic mass is 32.1. The molecule has 3 heterocycles. The standard InChI is InChI=1S/C20H17N5O3S/c21-10-13-3-1-4-14(9-13)23-20(27)25-7-6-17-16(12-25)18(24-28-17)19(26)22-11-15-5-2-8-29-15/h1-5,8-9H,6-7,11-12H2,(H,22,26)(H,23,27). The molecule has 0 atom stereocenters. The molecule has 0 fully saturated rings. The Morgan fingerprint density at radius 2 is 2.21 bits per heavy atom. The third kappa shape index (κ3) is 4.12. The van der Waals surface area contributed by atoms with Crippen molar-refractivity contribution in [1.29, 1.82) is 5.26 Å². The fourth-order valence-electron chi connectivity index (χ4n) is 3.09. The van der Waals surface area contributed by atoms with Gasteiger partial charge in [0.1, 0.15) is 5.76 Å². The number of carbonyl (C=O) groups is 2. The van der Waals surface area contributed by atoms with Crippen molar-refractivity contribution in [3.8, 4) is 6.07 Å². The number of benzene rings is 1. The summed E-state index contributed by atoms with van der Waals surface area (Å²) < 4.78 is 5.32. The number of hydrogen-bond donors (Lipinski definition) is 2. The number of rotatable bonds is 4. The van der Waals surface area contributed by atoms with Crippen molar-refractivity contribution in [3.05, 3.63) is 69.2 Å². The van der Waals surface area contributed by atoms with Crippen LogP contribution in [0.4, 0.5) is 10.5 Å². The highest BCUT2D eigenvalue weighted by molar-refractivity contribution is 7.09. The van der Waals surface area contributed by atoms with E-state index in [1.165, 1.54) is 0 Å². The van der Waals surface area contributed by atoms with E-state index in [0.29, 0.717) is 42.1 Å². The van der Waals surface area contributed by atoms with Crippen LogP contribution >= 0.6 is 11.3 Å². The molecule has 0 radical (unpaired) electrons. The topological polar surface area (TPSA) is 111 Å². The van der Waals surface area contributed by atoms with E-state index < -0.39 is 0 Å². The summed E-state index contributed by atoms with van der Waals surface area (Å²) in [7, 11) is 0. The summed E-state index contributed by atoms with van der Waals surface area (Å²) >= 11 is 1.56. The predicted molar refractivity (Wildman–Crippen MR) is 106 cm³/mol. The average Bonchev–Trinajstić information content (AvgIpc) is 3.41. The summed E-state index contributed by atoms with van der Waals surface area (Å²) in [5.41, 5.74) is 1.84. The second-order valence-electron chi connectivity index (χ2n) is 6.49. The van der Waals surface area contributed by atoms with Crippen molar-refractivity contribution >= 4 is 29.0 Å². The fourth-order valence-corrected chi connectivity index (χ4v) is 3.74. The Balaban J connectivity index is 1.43. The molecule has 0 bridgehead atoms. The Bertz CT molecular complexity index is 1080. The Morgan fingerprint density at radius 3 is 3.00 bits per heavy atom. The molecule has 0 unspecified atom stereocenters. The van der Waals surface area contributed by atoms with Gasteiger partial charge >= 0.3 is 6.03 Å². The van der Waals surface area contributed by atoms with E-state index >= 15 is 0 Å². The van der Waals surface area contributed by atoms with Crippen molar-refractivity contribution in [3.63, 3.8) is 0 Å². The normalized spacial score (nSPS) is 12.7. The Hall–Kier alpha value is -3.64. The second kappa shape index (κ2) is 8.16. The van der Waals surface area contributed by atoms with E-state index in [4.69, 9.17) is 9.78 Å². The highest BCUT2D eigenvalue weighted by Crippen LogP contribution is 2.23. The molecular formula is C20H17N5O3S. The molecule has 3 amide bonds. The van der Waals surface area contributed by atoms with Gasteiger partial charge in [0.25, 0.3) is 5.91 Å². The zero-order chi connectivity index (χ0) is 20.2. The van der Waals surface area contributed by atoms with Crippen LogP contribution < -0.4 is 10.6 Å². The molecule has 1 aliphatic heterocycles. The van der Waals surface area contributed by atoms with Gasteiger partial charge in [-0.15, -0.1) is 11.3 Å².